The first-order valence-electron chi connectivity index (χ1n) is 8.64. The van der Waals surface area contributed by atoms with E-state index in [9.17, 15) is 9.59 Å². The summed E-state index contributed by atoms with van der Waals surface area (Å²) in [5, 5.41) is 6.43. The third-order valence-corrected chi connectivity index (χ3v) is 5.82. The number of carbonyl (C=O) groups is 2. The van der Waals surface area contributed by atoms with E-state index >= 15 is 0 Å². The van der Waals surface area contributed by atoms with E-state index in [-0.39, 0.29) is 5.91 Å². The molecular formula is C20H19N3O3S. The van der Waals surface area contributed by atoms with Gasteiger partial charge in [-0.05, 0) is 29.5 Å². The van der Waals surface area contributed by atoms with E-state index in [0.717, 1.165) is 28.1 Å². The number of aryl methyl sites for hydroxylation is 1. The van der Waals surface area contributed by atoms with Crippen LogP contribution in [0.5, 0.6) is 0 Å². The fourth-order valence-electron chi connectivity index (χ4n) is 3.47. The lowest BCUT2D eigenvalue weighted by Gasteiger charge is -2.33. The van der Waals surface area contributed by atoms with E-state index in [1.54, 1.807) is 34.0 Å². The fraction of sp³-hybridized carbons (Fsp3) is 0.250. The second-order valence-electron chi connectivity index (χ2n) is 6.38. The minimum absolute atomic E-state index is 0.223. The van der Waals surface area contributed by atoms with E-state index in [1.165, 1.54) is 7.11 Å². The highest BCUT2D eigenvalue weighted by atomic mass is 32.1. The van der Waals surface area contributed by atoms with Gasteiger partial charge in [0.15, 0.2) is 6.04 Å². The van der Waals surface area contributed by atoms with Gasteiger partial charge in [-0.15, -0.1) is 11.3 Å². The zero-order valence-corrected chi connectivity index (χ0v) is 15.9. The number of esters is 1. The van der Waals surface area contributed by atoms with Crippen LogP contribution in [-0.4, -0.2) is 40.2 Å². The summed E-state index contributed by atoms with van der Waals surface area (Å²) in [6, 6.07) is 12.7. The van der Waals surface area contributed by atoms with Crippen LogP contribution >= 0.6 is 11.3 Å². The van der Waals surface area contributed by atoms with Crippen molar-refractivity contribution in [1.82, 2.24) is 14.7 Å². The first-order valence-corrected chi connectivity index (χ1v) is 9.52. The molecule has 0 N–H and O–H groups in total. The zero-order chi connectivity index (χ0) is 19.0. The molecule has 3 aromatic rings. The number of hydrogen-bond acceptors (Lipinski definition) is 5. The Morgan fingerprint density at radius 3 is 2.74 bits per heavy atom. The van der Waals surface area contributed by atoms with Crippen LogP contribution in [-0.2, 0) is 23.0 Å². The number of rotatable bonds is 3. The number of amides is 1. The summed E-state index contributed by atoms with van der Waals surface area (Å²) in [6.45, 7) is 0.470. The number of fused-ring (bicyclic) bond motifs is 1. The van der Waals surface area contributed by atoms with E-state index in [1.807, 2.05) is 41.8 Å². The molecule has 1 aliphatic heterocycles. The molecule has 6 nitrogen and oxygen atoms in total. The van der Waals surface area contributed by atoms with Gasteiger partial charge in [0.25, 0.3) is 5.91 Å². The maximum atomic E-state index is 13.3. The highest BCUT2D eigenvalue weighted by Gasteiger charge is 2.38. The molecule has 4 rings (SSSR count). The summed E-state index contributed by atoms with van der Waals surface area (Å²) in [5.74, 6) is -0.646. The number of carbonyl (C=O) groups excluding carboxylic acids is 2. The molecule has 27 heavy (non-hydrogen) atoms. The van der Waals surface area contributed by atoms with Crippen molar-refractivity contribution in [3.05, 3.63) is 64.0 Å². The highest BCUT2D eigenvalue weighted by Crippen LogP contribution is 2.35. The normalized spacial score (nSPS) is 16.1. The largest absolute Gasteiger partial charge is 0.467 e. The average molecular weight is 381 g/mol. The Hall–Kier alpha value is -2.93. The van der Waals surface area contributed by atoms with Gasteiger partial charge in [-0.1, -0.05) is 30.3 Å². The molecule has 1 atom stereocenters. The maximum Gasteiger partial charge on any atom is 0.333 e. The quantitative estimate of drug-likeness (QED) is 0.654. The van der Waals surface area contributed by atoms with Crippen molar-refractivity contribution in [1.29, 1.82) is 0 Å². The van der Waals surface area contributed by atoms with Crippen LogP contribution in [0.2, 0.25) is 0 Å². The van der Waals surface area contributed by atoms with Crippen LogP contribution in [0.1, 0.15) is 27.0 Å². The third-order valence-electron chi connectivity index (χ3n) is 4.82. The predicted molar refractivity (Wildman–Crippen MR) is 102 cm³/mol. The van der Waals surface area contributed by atoms with E-state index in [0.29, 0.717) is 12.2 Å². The van der Waals surface area contributed by atoms with Crippen molar-refractivity contribution in [3.63, 3.8) is 0 Å². The standard InChI is InChI=1S/C20H19N3O3S/c1-22-16(12-15(21-22)13-6-4-3-5-7-13)19(24)23-10-8-17-14(9-11-27-17)18(23)20(25)26-2/h3-7,9,11-12,18H,8,10H2,1-2H3. The predicted octanol–water partition coefficient (Wildman–Crippen LogP) is 3.06. The van der Waals surface area contributed by atoms with Crippen molar-refractivity contribution in [3.8, 4) is 11.3 Å². The molecule has 3 heterocycles. The van der Waals surface area contributed by atoms with Crippen LogP contribution in [0.4, 0.5) is 0 Å². The number of thiophene rings is 1. The van der Waals surface area contributed by atoms with Crippen LogP contribution in [0.15, 0.2) is 47.8 Å². The van der Waals surface area contributed by atoms with Crippen molar-refractivity contribution < 1.29 is 14.3 Å². The Bertz CT molecular complexity index is 993. The molecule has 0 radical (unpaired) electrons. The minimum atomic E-state index is -0.715. The number of methoxy groups -OCH3 is 1. The number of nitrogens with zero attached hydrogens (tertiary/aromatic N) is 3. The first-order chi connectivity index (χ1) is 13.1. The van der Waals surface area contributed by atoms with Crippen molar-refractivity contribution in [2.45, 2.75) is 12.5 Å². The van der Waals surface area contributed by atoms with Gasteiger partial charge in [0, 0.05) is 24.0 Å². The lowest BCUT2D eigenvalue weighted by molar-refractivity contribution is -0.146. The fourth-order valence-corrected chi connectivity index (χ4v) is 4.37. The minimum Gasteiger partial charge on any atom is -0.467 e. The molecule has 1 aliphatic rings. The number of aromatic nitrogens is 2. The summed E-state index contributed by atoms with van der Waals surface area (Å²) in [7, 11) is 3.09. The van der Waals surface area contributed by atoms with Crippen LogP contribution in [0.25, 0.3) is 11.3 Å². The number of hydrogen-bond donors (Lipinski definition) is 0. The smallest absolute Gasteiger partial charge is 0.333 e. The summed E-state index contributed by atoms with van der Waals surface area (Å²) in [6.07, 6.45) is 0.732. The van der Waals surface area contributed by atoms with Gasteiger partial charge < -0.3 is 9.64 Å². The second-order valence-corrected chi connectivity index (χ2v) is 7.38. The number of ether oxygens (including phenoxy) is 1. The molecule has 138 valence electrons. The first kappa shape index (κ1) is 17.5. The Kier molecular flexibility index (Phi) is 4.53. The molecule has 1 unspecified atom stereocenters. The molecule has 0 saturated carbocycles. The molecule has 1 amide bonds. The summed E-state index contributed by atoms with van der Waals surface area (Å²) >= 11 is 1.61. The average Bonchev–Trinajstić information content (AvgIpc) is 3.33. The summed E-state index contributed by atoms with van der Waals surface area (Å²) < 4.78 is 6.56. The number of benzene rings is 1. The molecule has 0 spiro atoms. The van der Waals surface area contributed by atoms with Gasteiger partial charge in [0.05, 0.1) is 12.8 Å². The molecule has 0 saturated heterocycles. The maximum absolute atomic E-state index is 13.3. The van der Waals surface area contributed by atoms with Crippen LogP contribution in [0, 0.1) is 0 Å². The Morgan fingerprint density at radius 2 is 2.00 bits per heavy atom. The summed E-state index contributed by atoms with van der Waals surface area (Å²) in [5.41, 5.74) is 2.97. The molecule has 1 aromatic carbocycles. The Morgan fingerprint density at radius 1 is 1.22 bits per heavy atom. The topological polar surface area (TPSA) is 64.4 Å². The molecular weight excluding hydrogens is 362 g/mol. The van der Waals surface area contributed by atoms with E-state index < -0.39 is 12.0 Å². The van der Waals surface area contributed by atoms with Crippen molar-refractivity contribution in [2.24, 2.45) is 7.05 Å². The van der Waals surface area contributed by atoms with Gasteiger partial charge in [0.2, 0.25) is 0 Å². The summed E-state index contributed by atoms with van der Waals surface area (Å²) in [4.78, 5) is 28.5. The monoisotopic (exact) mass is 381 g/mol. The van der Waals surface area contributed by atoms with E-state index in [4.69, 9.17) is 4.74 Å². The van der Waals surface area contributed by atoms with Gasteiger partial charge in [-0.3, -0.25) is 9.48 Å². The molecule has 2 aromatic heterocycles. The Balaban J connectivity index is 1.70. The Labute approximate surface area is 161 Å². The lowest BCUT2D eigenvalue weighted by Crippen LogP contribution is -2.44. The second kappa shape index (κ2) is 7.00. The van der Waals surface area contributed by atoms with Gasteiger partial charge in [-0.2, -0.15) is 5.10 Å². The molecule has 7 heteroatoms. The highest BCUT2D eigenvalue weighted by molar-refractivity contribution is 7.10. The lowest BCUT2D eigenvalue weighted by atomic mass is 9.99. The molecule has 0 aliphatic carbocycles. The van der Waals surface area contributed by atoms with Crippen LogP contribution in [0.3, 0.4) is 0 Å². The van der Waals surface area contributed by atoms with Gasteiger partial charge in [0.1, 0.15) is 5.69 Å². The van der Waals surface area contributed by atoms with E-state index in [2.05, 4.69) is 5.10 Å². The van der Waals surface area contributed by atoms with Crippen LogP contribution < -0.4 is 0 Å². The zero-order valence-electron chi connectivity index (χ0n) is 15.1. The molecule has 0 fully saturated rings. The van der Waals surface area contributed by atoms with Gasteiger partial charge in [-0.25, -0.2) is 4.79 Å². The SMILES string of the molecule is COC(=O)C1c2ccsc2CCN1C(=O)c1cc(-c2ccccc2)nn1C. The van der Waals surface area contributed by atoms with Crippen molar-refractivity contribution >= 4 is 23.2 Å². The third kappa shape index (κ3) is 3.04. The van der Waals surface area contributed by atoms with Gasteiger partial charge >= 0.3 is 5.97 Å². The molecule has 0 bridgehead atoms. The van der Waals surface area contributed by atoms with Crippen molar-refractivity contribution in [2.75, 3.05) is 13.7 Å².